The fraction of sp³-hybridized carbons (Fsp3) is 0.353. The summed E-state index contributed by atoms with van der Waals surface area (Å²) in [4.78, 5) is 0. The van der Waals surface area contributed by atoms with Crippen molar-refractivity contribution in [2.75, 3.05) is 0 Å². The van der Waals surface area contributed by atoms with E-state index in [2.05, 4.69) is 10.2 Å². The average molecular weight is 318 g/mol. The Kier molecular flexibility index (Phi) is 7.19. The number of rotatable bonds is 2. The summed E-state index contributed by atoms with van der Waals surface area (Å²) in [6.45, 7) is 9.84. The van der Waals surface area contributed by atoms with E-state index in [0.717, 1.165) is 5.39 Å². The van der Waals surface area contributed by atoms with Crippen molar-refractivity contribution in [3.63, 3.8) is 0 Å². The lowest BCUT2D eigenvalue weighted by Crippen LogP contribution is -2.32. The molecule has 0 aliphatic heterocycles. The van der Waals surface area contributed by atoms with Gasteiger partial charge in [0, 0.05) is 10.8 Å². The molecule has 0 bridgehead atoms. The van der Waals surface area contributed by atoms with Crippen LogP contribution in [0, 0.1) is 5.82 Å². The maximum absolute atomic E-state index is 13.9. The molecular weight excluding hydrogens is 294 g/mol. The van der Waals surface area contributed by atoms with Gasteiger partial charge in [-0.15, -0.1) is 0 Å². The van der Waals surface area contributed by atoms with E-state index in [0.29, 0.717) is 33.7 Å². The van der Waals surface area contributed by atoms with Crippen LogP contribution in [-0.4, -0.2) is 27.4 Å². The van der Waals surface area contributed by atoms with Crippen LogP contribution in [0.25, 0.3) is 21.7 Å². The van der Waals surface area contributed by atoms with Gasteiger partial charge in [-0.25, -0.2) is 4.39 Å². The molecule has 124 valence electrons. The van der Waals surface area contributed by atoms with Crippen molar-refractivity contribution in [2.24, 2.45) is 0 Å². The van der Waals surface area contributed by atoms with E-state index in [-0.39, 0.29) is 5.82 Å². The van der Waals surface area contributed by atoms with Crippen molar-refractivity contribution in [3.8, 4) is 0 Å². The number of fused-ring (bicyclic) bond motifs is 2. The minimum Gasteiger partial charge on any atom is -0.423 e. The van der Waals surface area contributed by atoms with E-state index in [4.69, 9.17) is 0 Å². The van der Waals surface area contributed by atoms with E-state index in [1.807, 2.05) is 40.7 Å². The van der Waals surface area contributed by atoms with E-state index >= 15 is 0 Å². The van der Waals surface area contributed by atoms with Crippen molar-refractivity contribution >= 4 is 34.3 Å². The third-order valence-corrected chi connectivity index (χ3v) is 3.43. The second kappa shape index (κ2) is 8.65. The number of halogens is 1. The fourth-order valence-electron chi connectivity index (χ4n) is 2.60. The van der Waals surface area contributed by atoms with Crippen LogP contribution in [0.15, 0.2) is 24.4 Å². The third-order valence-electron chi connectivity index (χ3n) is 3.43. The minimum absolute atomic E-state index is 0.303. The Labute approximate surface area is 136 Å². The monoisotopic (exact) mass is 318 g/mol. The van der Waals surface area contributed by atoms with Crippen LogP contribution in [0.3, 0.4) is 0 Å². The summed E-state index contributed by atoms with van der Waals surface area (Å²) in [5, 5.41) is 27.9. The van der Waals surface area contributed by atoms with Gasteiger partial charge in [0.2, 0.25) is 0 Å². The lowest BCUT2D eigenvalue weighted by molar-refractivity contribution is 0.426. The molecule has 3 aromatic rings. The first-order chi connectivity index (χ1) is 11.1. The van der Waals surface area contributed by atoms with Crippen LogP contribution < -0.4 is 5.46 Å². The zero-order valence-corrected chi connectivity index (χ0v) is 14.3. The maximum atomic E-state index is 13.9. The Morgan fingerprint density at radius 2 is 1.83 bits per heavy atom. The summed E-state index contributed by atoms with van der Waals surface area (Å²) >= 11 is 0. The lowest BCUT2D eigenvalue weighted by Gasteiger charge is -2.12. The number of aryl methyl sites for hydroxylation is 1. The summed E-state index contributed by atoms with van der Waals surface area (Å²) in [6, 6.07) is 4.87. The maximum Gasteiger partial charge on any atom is 0.489 e. The highest BCUT2D eigenvalue weighted by Crippen LogP contribution is 2.25. The first-order valence-electron chi connectivity index (χ1n) is 8.06. The van der Waals surface area contributed by atoms with Gasteiger partial charge in [0.1, 0.15) is 5.82 Å². The summed E-state index contributed by atoms with van der Waals surface area (Å²) in [5.74, 6) is -0.334. The van der Waals surface area contributed by atoms with Crippen LogP contribution in [0.1, 0.15) is 40.2 Å². The molecule has 0 saturated carbocycles. The zero-order chi connectivity index (χ0) is 17.6. The van der Waals surface area contributed by atoms with Crippen LogP contribution >= 0.6 is 0 Å². The molecule has 0 aliphatic rings. The number of aromatic amines is 1. The van der Waals surface area contributed by atoms with Crippen molar-refractivity contribution in [2.45, 2.75) is 41.0 Å². The first kappa shape index (κ1) is 19.1. The highest BCUT2D eigenvalue weighted by atomic mass is 19.1. The van der Waals surface area contributed by atoms with Crippen LogP contribution in [0.2, 0.25) is 0 Å². The van der Waals surface area contributed by atoms with Gasteiger partial charge in [0.05, 0.1) is 11.7 Å². The van der Waals surface area contributed by atoms with Crippen molar-refractivity contribution in [1.82, 2.24) is 10.2 Å². The molecule has 1 aromatic heterocycles. The van der Waals surface area contributed by atoms with E-state index < -0.39 is 7.12 Å². The number of hydrogen-bond acceptors (Lipinski definition) is 3. The minimum atomic E-state index is -1.67. The van der Waals surface area contributed by atoms with Gasteiger partial charge >= 0.3 is 7.12 Å². The average Bonchev–Trinajstić information content (AvgIpc) is 3.04. The van der Waals surface area contributed by atoms with Crippen molar-refractivity contribution < 1.29 is 14.4 Å². The Morgan fingerprint density at radius 3 is 2.39 bits per heavy atom. The molecule has 2 aromatic carbocycles. The number of nitrogens with zero attached hydrogens (tertiary/aromatic N) is 1. The molecular formula is C17H24BFN2O2. The second-order valence-electron chi connectivity index (χ2n) is 4.47. The molecule has 23 heavy (non-hydrogen) atoms. The van der Waals surface area contributed by atoms with E-state index in [9.17, 15) is 14.4 Å². The molecule has 3 N–H and O–H groups in total. The highest BCUT2D eigenvalue weighted by molar-refractivity contribution is 6.65. The lowest BCUT2D eigenvalue weighted by atomic mass is 9.73. The van der Waals surface area contributed by atoms with Gasteiger partial charge in [-0.3, -0.25) is 5.10 Å². The van der Waals surface area contributed by atoms with Gasteiger partial charge in [0.15, 0.2) is 0 Å². The van der Waals surface area contributed by atoms with Gasteiger partial charge in [-0.2, -0.15) is 5.10 Å². The number of H-pyrrole nitrogens is 1. The number of nitrogens with one attached hydrogen (secondary N) is 1. The summed E-state index contributed by atoms with van der Waals surface area (Å²) < 4.78 is 13.9. The Balaban J connectivity index is 0.000000615. The number of aromatic nitrogens is 2. The molecule has 1 heterocycles. The van der Waals surface area contributed by atoms with Crippen LogP contribution in [0.5, 0.6) is 0 Å². The smallest absolute Gasteiger partial charge is 0.423 e. The summed E-state index contributed by atoms with van der Waals surface area (Å²) in [6.07, 6.45) is 2.00. The fourth-order valence-corrected chi connectivity index (χ4v) is 2.60. The molecule has 0 radical (unpaired) electrons. The van der Waals surface area contributed by atoms with Gasteiger partial charge < -0.3 is 10.0 Å². The molecule has 0 amide bonds. The molecule has 0 atom stereocenters. The van der Waals surface area contributed by atoms with Gasteiger partial charge in [0.25, 0.3) is 0 Å². The molecule has 3 rings (SSSR count). The molecule has 6 heteroatoms. The number of benzene rings is 2. The largest absolute Gasteiger partial charge is 0.489 e. The molecule has 0 saturated heterocycles. The van der Waals surface area contributed by atoms with Crippen molar-refractivity contribution in [1.29, 1.82) is 0 Å². The standard InChI is InChI=1S/C13H12BFN2O2.2C2H6/c1-2-8-10(15)4-3-7-5-11-9(6-16-17-11)13(12(7)8)14(18)19;2*1-2/h3-6,18-19H,2H2,1H3,(H,16,17);2*1-2H3. The molecule has 0 unspecified atom stereocenters. The molecule has 0 spiro atoms. The normalized spacial score (nSPS) is 9.91. The summed E-state index contributed by atoms with van der Waals surface area (Å²) in [5.41, 5.74) is 1.49. The second-order valence-corrected chi connectivity index (χ2v) is 4.47. The van der Waals surface area contributed by atoms with E-state index in [1.54, 1.807) is 6.07 Å². The Bertz CT molecular complexity index is 772. The Morgan fingerprint density at radius 1 is 1.17 bits per heavy atom. The van der Waals surface area contributed by atoms with Crippen LogP contribution in [-0.2, 0) is 6.42 Å². The molecule has 0 aliphatic carbocycles. The summed E-state index contributed by atoms with van der Waals surface area (Å²) in [7, 11) is -1.67. The zero-order valence-electron chi connectivity index (χ0n) is 14.3. The van der Waals surface area contributed by atoms with Gasteiger partial charge in [-0.1, -0.05) is 40.7 Å². The van der Waals surface area contributed by atoms with Gasteiger partial charge in [-0.05, 0) is 34.9 Å². The van der Waals surface area contributed by atoms with Crippen LogP contribution in [0.4, 0.5) is 4.39 Å². The number of hydrogen-bond donors (Lipinski definition) is 3. The SMILES string of the molecule is CC.CC.CCc1c(F)ccc2cc3[nH]ncc3c(B(O)O)c12. The molecule has 0 fully saturated rings. The predicted molar refractivity (Wildman–Crippen MR) is 95.5 cm³/mol. The third kappa shape index (κ3) is 3.54. The highest BCUT2D eigenvalue weighted by Gasteiger charge is 2.22. The first-order valence-corrected chi connectivity index (χ1v) is 8.06. The predicted octanol–water partition coefficient (Wildman–Crippen LogP) is 3.15. The van der Waals surface area contributed by atoms with E-state index in [1.165, 1.54) is 12.3 Å². The quantitative estimate of drug-likeness (QED) is 0.636. The molecule has 4 nitrogen and oxygen atoms in total. The van der Waals surface area contributed by atoms with Crippen molar-refractivity contribution in [3.05, 3.63) is 35.8 Å². The topological polar surface area (TPSA) is 69.1 Å². The Hall–Kier alpha value is -1.92.